The van der Waals surface area contributed by atoms with E-state index in [0.29, 0.717) is 11.6 Å². The van der Waals surface area contributed by atoms with E-state index in [1.54, 1.807) is 44.2 Å². The SMILES string of the molecule is CCNC(=O)[C@H](C)N(Cc1ccccc1)C(=O)CN(c1ccc(C)c(Cl)c1)S(=O)(=O)c1ccccc1. The van der Waals surface area contributed by atoms with Gasteiger partial charge in [-0.25, -0.2) is 8.42 Å². The zero-order valence-electron chi connectivity index (χ0n) is 20.5. The highest BCUT2D eigenvalue weighted by molar-refractivity contribution is 7.92. The molecule has 3 rings (SSSR count). The first-order chi connectivity index (χ1) is 17.1. The van der Waals surface area contributed by atoms with E-state index >= 15 is 0 Å². The van der Waals surface area contributed by atoms with E-state index in [4.69, 9.17) is 11.6 Å². The van der Waals surface area contributed by atoms with Gasteiger partial charge in [0, 0.05) is 18.1 Å². The topological polar surface area (TPSA) is 86.8 Å². The van der Waals surface area contributed by atoms with Crippen LogP contribution in [0.15, 0.2) is 83.8 Å². The number of aryl methyl sites for hydroxylation is 1. The van der Waals surface area contributed by atoms with Gasteiger partial charge in [0.15, 0.2) is 0 Å². The van der Waals surface area contributed by atoms with E-state index in [1.165, 1.54) is 23.1 Å². The number of carbonyl (C=O) groups is 2. The summed E-state index contributed by atoms with van der Waals surface area (Å²) >= 11 is 6.32. The van der Waals surface area contributed by atoms with Crippen LogP contribution in [0.5, 0.6) is 0 Å². The molecule has 0 spiro atoms. The number of nitrogens with one attached hydrogen (secondary N) is 1. The Bertz CT molecular complexity index is 1300. The van der Waals surface area contributed by atoms with Gasteiger partial charge in [0.05, 0.1) is 10.6 Å². The molecule has 0 aromatic heterocycles. The molecule has 0 saturated heterocycles. The number of benzene rings is 3. The zero-order chi connectivity index (χ0) is 26.3. The Morgan fingerprint density at radius 2 is 1.58 bits per heavy atom. The molecular weight excluding hydrogens is 498 g/mol. The fourth-order valence-electron chi connectivity index (χ4n) is 3.67. The van der Waals surface area contributed by atoms with Crippen molar-refractivity contribution in [2.45, 2.75) is 38.3 Å². The molecule has 0 aliphatic heterocycles. The average Bonchev–Trinajstić information content (AvgIpc) is 2.88. The lowest BCUT2D eigenvalue weighted by atomic mass is 10.1. The van der Waals surface area contributed by atoms with Gasteiger partial charge >= 0.3 is 0 Å². The average molecular weight is 528 g/mol. The number of nitrogens with zero attached hydrogens (tertiary/aromatic N) is 2. The van der Waals surface area contributed by atoms with Crippen LogP contribution >= 0.6 is 11.6 Å². The first kappa shape index (κ1) is 27.2. The standard InChI is InChI=1S/C27H30ClN3O4S/c1-4-29-27(33)21(3)30(18-22-11-7-5-8-12-22)26(32)19-31(23-16-15-20(2)25(28)17-23)36(34,35)24-13-9-6-10-14-24/h5-17,21H,4,18-19H2,1-3H3,(H,29,33)/t21-/m0/s1. The van der Waals surface area contributed by atoms with Crippen LogP contribution in [0, 0.1) is 6.92 Å². The summed E-state index contributed by atoms with van der Waals surface area (Å²) in [5, 5.41) is 3.12. The number of hydrogen-bond donors (Lipinski definition) is 1. The van der Waals surface area contributed by atoms with Crippen molar-refractivity contribution >= 4 is 39.1 Å². The second-order valence-electron chi connectivity index (χ2n) is 8.34. The van der Waals surface area contributed by atoms with E-state index in [9.17, 15) is 18.0 Å². The molecule has 3 aromatic carbocycles. The molecule has 2 amide bonds. The van der Waals surface area contributed by atoms with Gasteiger partial charge in [-0.3, -0.25) is 13.9 Å². The van der Waals surface area contributed by atoms with Gasteiger partial charge in [0.2, 0.25) is 11.8 Å². The summed E-state index contributed by atoms with van der Waals surface area (Å²) in [5.41, 5.74) is 1.85. The molecule has 0 aliphatic rings. The molecule has 0 unspecified atom stereocenters. The smallest absolute Gasteiger partial charge is 0.264 e. The number of carbonyl (C=O) groups excluding carboxylic acids is 2. The molecule has 0 bridgehead atoms. The highest BCUT2D eigenvalue weighted by Crippen LogP contribution is 2.28. The Labute approximate surface area is 217 Å². The van der Waals surface area contributed by atoms with Crippen LogP contribution in [0.4, 0.5) is 5.69 Å². The van der Waals surface area contributed by atoms with Gasteiger partial charge in [0.25, 0.3) is 10.0 Å². The van der Waals surface area contributed by atoms with Crippen molar-refractivity contribution in [2.24, 2.45) is 0 Å². The number of likely N-dealkylation sites (N-methyl/N-ethyl adjacent to an activating group) is 1. The minimum absolute atomic E-state index is 0.0425. The lowest BCUT2D eigenvalue weighted by molar-refractivity contribution is -0.139. The van der Waals surface area contributed by atoms with E-state index in [0.717, 1.165) is 15.4 Å². The highest BCUT2D eigenvalue weighted by Gasteiger charge is 2.32. The molecular formula is C27H30ClN3O4S. The first-order valence-corrected chi connectivity index (χ1v) is 13.4. The van der Waals surface area contributed by atoms with Crippen LogP contribution in [0.3, 0.4) is 0 Å². The van der Waals surface area contributed by atoms with Crippen molar-refractivity contribution in [2.75, 3.05) is 17.4 Å². The number of rotatable bonds is 10. The molecule has 0 radical (unpaired) electrons. The third kappa shape index (κ3) is 6.44. The van der Waals surface area contributed by atoms with Gasteiger partial charge in [0.1, 0.15) is 12.6 Å². The Morgan fingerprint density at radius 3 is 2.17 bits per heavy atom. The van der Waals surface area contributed by atoms with Crippen molar-refractivity contribution in [3.63, 3.8) is 0 Å². The van der Waals surface area contributed by atoms with Crippen LogP contribution < -0.4 is 9.62 Å². The molecule has 190 valence electrons. The quantitative estimate of drug-likeness (QED) is 0.423. The maximum absolute atomic E-state index is 13.7. The van der Waals surface area contributed by atoms with Crippen molar-refractivity contribution in [1.82, 2.24) is 10.2 Å². The lowest BCUT2D eigenvalue weighted by Crippen LogP contribution is -2.51. The Morgan fingerprint density at radius 1 is 0.972 bits per heavy atom. The zero-order valence-corrected chi connectivity index (χ0v) is 22.1. The van der Waals surface area contributed by atoms with Crippen LogP contribution in [-0.4, -0.2) is 44.3 Å². The molecule has 0 aliphatic carbocycles. The predicted molar refractivity (Wildman–Crippen MR) is 142 cm³/mol. The molecule has 36 heavy (non-hydrogen) atoms. The second kappa shape index (κ2) is 12.1. The largest absolute Gasteiger partial charge is 0.355 e. The van der Waals surface area contributed by atoms with Crippen molar-refractivity contribution in [3.8, 4) is 0 Å². The molecule has 3 aromatic rings. The summed E-state index contributed by atoms with van der Waals surface area (Å²) in [6.45, 7) is 5.28. The maximum Gasteiger partial charge on any atom is 0.264 e. The fourth-order valence-corrected chi connectivity index (χ4v) is 5.27. The minimum atomic E-state index is -4.11. The van der Waals surface area contributed by atoms with Crippen molar-refractivity contribution in [1.29, 1.82) is 0 Å². The third-order valence-electron chi connectivity index (χ3n) is 5.77. The molecule has 0 fully saturated rings. The molecule has 9 heteroatoms. The van der Waals surface area contributed by atoms with E-state index in [-0.39, 0.29) is 23.0 Å². The molecule has 1 atom stereocenters. The monoisotopic (exact) mass is 527 g/mol. The maximum atomic E-state index is 13.7. The number of hydrogen-bond acceptors (Lipinski definition) is 4. The molecule has 1 N–H and O–H groups in total. The number of amides is 2. The van der Waals surface area contributed by atoms with Gasteiger partial charge in [-0.05, 0) is 56.2 Å². The second-order valence-corrected chi connectivity index (χ2v) is 10.6. The summed E-state index contributed by atoms with van der Waals surface area (Å²) in [4.78, 5) is 27.8. The van der Waals surface area contributed by atoms with Gasteiger partial charge in [-0.2, -0.15) is 0 Å². The summed E-state index contributed by atoms with van der Waals surface area (Å²) in [6, 6.07) is 21.2. The summed E-state index contributed by atoms with van der Waals surface area (Å²) < 4.78 is 28.4. The summed E-state index contributed by atoms with van der Waals surface area (Å²) in [7, 11) is -4.11. The van der Waals surface area contributed by atoms with Gasteiger partial charge in [-0.1, -0.05) is 66.2 Å². The number of halogens is 1. The predicted octanol–water partition coefficient (Wildman–Crippen LogP) is 4.40. The van der Waals surface area contributed by atoms with E-state index < -0.39 is 28.5 Å². The Hall–Kier alpha value is -3.36. The van der Waals surface area contributed by atoms with Crippen LogP contribution in [-0.2, 0) is 26.2 Å². The number of sulfonamides is 1. The molecule has 0 saturated carbocycles. The minimum Gasteiger partial charge on any atom is -0.355 e. The van der Waals surface area contributed by atoms with Gasteiger partial charge < -0.3 is 10.2 Å². The molecule has 0 heterocycles. The Kier molecular flexibility index (Phi) is 9.12. The third-order valence-corrected chi connectivity index (χ3v) is 7.96. The van der Waals surface area contributed by atoms with Crippen LogP contribution in [0.25, 0.3) is 0 Å². The van der Waals surface area contributed by atoms with Gasteiger partial charge in [-0.15, -0.1) is 0 Å². The lowest BCUT2D eigenvalue weighted by Gasteiger charge is -2.32. The van der Waals surface area contributed by atoms with Crippen LogP contribution in [0.1, 0.15) is 25.0 Å². The van der Waals surface area contributed by atoms with Crippen LogP contribution in [0.2, 0.25) is 5.02 Å². The first-order valence-electron chi connectivity index (χ1n) is 11.6. The summed E-state index contributed by atoms with van der Waals surface area (Å²) in [6.07, 6.45) is 0. The van der Waals surface area contributed by atoms with E-state index in [1.807, 2.05) is 37.3 Å². The normalized spacial score (nSPS) is 12.0. The van der Waals surface area contributed by atoms with Crippen molar-refractivity contribution < 1.29 is 18.0 Å². The fraction of sp³-hybridized carbons (Fsp3) is 0.259. The number of anilines is 1. The highest BCUT2D eigenvalue weighted by atomic mass is 35.5. The molecule has 7 nitrogen and oxygen atoms in total. The van der Waals surface area contributed by atoms with Crippen molar-refractivity contribution in [3.05, 3.63) is 95.0 Å². The summed E-state index contributed by atoms with van der Waals surface area (Å²) in [5.74, 6) is -0.841. The Balaban J connectivity index is 2.03. The van der Waals surface area contributed by atoms with E-state index in [2.05, 4.69) is 5.32 Å².